The largest absolute Gasteiger partial charge is 0.347 e. The quantitative estimate of drug-likeness (QED) is 0.527. The second-order valence-corrected chi connectivity index (χ2v) is 8.04. The number of amides is 1. The fourth-order valence-electron chi connectivity index (χ4n) is 3.99. The maximum Gasteiger partial charge on any atom is 0.268 e. The predicted molar refractivity (Wildman–Crippen MR) is 120 cm³/mol. The summed E-state index contributed by atoms with van der Waals surface area (Å²) in [7, 11) is 1.58. The average molecular weight is 424 g/mol. The minimum absolute atomic E-state index is 0.0440. The van der Waals surface area contributed by atoms with Crippen molar-refractivity contribution >= 4 is 23.2 Å². The number of rotatable bonds is 7. The van der Waals surface area contributed by atoms with Gasteiger partial charge in [0, 0.05) is 23.8 Å². The summed E-state index contributed by atoms with van der Waals surface area (Å²) in [5, 5.41) is 3.80. The van der Waals surface area contributed by atoms with Crippen LogP contribution < -0.4 is 10.8 Å². The number of carbonyl (C=O) groups excluding carboxylic acids is 1. The molecule has 1 amide bonds. The zero-order valence-corrected chi connectivity index (χ0v) is 17.8. The van der Waals surface area contributed by atoms with Gasteiger partial charge in [-0.2, -0.15) is 0 Å². The highest BCUT2D eigenvalue weighted by molar-refractivity contribution is 6.30. The summed E-state index contributed by atoms with van der Waals surface area (Å²) in [6.07, 6.45) is 4.41. The number of benzene rings is 2. The zero-order chi connectivity index (χ0) is 20.9. The minimum atomic E-state index is -0.0440. The number of anilines is 1. The number of hydrogen-bond donors (Lipinski definition) is 2. The number of fused-ring (bicyclic) bond motifs is 1. The van der Waals surface area contributed by atoms with E-state index in [1.165, 1.54) is 24.1 Å². The molecule has 1 aliphatic carbocycles. The van der Waals surface area contributed by atoms with Gasteiger partial charge in [0.2, 0.25) is 0 Å². The third-order valence-corrected chi connectivity index (χ3v) is 5.77. The van der Waals surface area contributed by atoms with Crippen molar-refractivity contribution in [3.8, 4) is 0 Å². The van der Waals surface area contributed by atoms with E-state index in [0.717, 1.165) is 40.4 Å². The Morgan fingerprint density at radius 1 is 1.03 bits per heavy atom. The SMILES string of the molecule is CONc1ccc(CNC(=O)c2cc3c(n2Cc2ccc(Cl)cc2)CCCC3)cc1. The lowest BCUT2D eigenvalue weighted by Crippen LogP contribution is -2.26. The summed E-state index contributed by atoms with van der Waals surface area (Å²) in [5.74, 6) is -0.0440. The first-order valence-electron chi connectivity index (χ1n) is 10.3. The van der Waals surface area contributed by atoms with Crippen LogP contribution in [0.15, 0.2) is 54.6 Å². The smallest absolute Gasteiger partial charge is 0.268 e. The molecule has 0 fully saturated rings. The van der Waals surface area contributed by atoms with Crippen LogP contribution in [0.25, 0.3) is 0 Å². The number of aromatic nitrogens is 1. The van der Waals surface area contributed by atoms with Gasteiger partial charge in [-0.25, -0.2) is 0 Å². The highest BCUT2D eigenvalue weighted by atomic mass is 35.5. The second-order valence-electron chi connectivity index (χ2n) is 7.61. The van der Waals surface area contributed by atoms with E-state index >= 15 is 0 Å². The van der Waals surface area contributed by atoms with E-state index in [-0.39, 0.29) is 5.91 Å². The molecule has 30 heavy (non-hydrogen) atoms. The number of aryl methyl sites for hydroxylation is 1. The highest BCUT2D eigenvalue weighted by Crippen LogP contribution is 2.26. The van der Waals surface area contributed by atoms with Gasteiger partial charge in [-0.05, 0) is 72.7 Å². The number of halogens is 1. The molecule has 4 rings (SSSR count). The first kappa shape index (κ1) is 20.5. The number of hydrogen-bond acceptors (Lipinski definition) is 3. The Kier molecular flexibility index (Phi) is 6.41. The Hall–Kier alpha value is -2.76. The van der Waals surface area contributed by atoms with Crippen LogP contribution in [0.5, 0.6) is 0 Å². The molecular formula is C24H26ClN3O2. The van der Waals surface area contributed by atoms with Gasteiger partial charge >= 0.3 is 0 Å². The normalized spacial score (nSPS) is 13.0. The summed E-state index contributed by atoms with van der Waals surface area (Å²) in [4.78, 5) is 18.0. The number of nitrogens with one attached hydrogen (secondary N) is 2. The summed E-state index contributed by atoms with van der Waals surface area (Å²) in [5.41, 5.74) is 9.15. The Morgan fingerprint density at radius 3 is 2.47 bits per heavy atom. The first-order chi connectivity index (χ1) is 14.6. The van der Waals surface area contributed by atoms with Crippen molar-refractivity contribution in [2.24, 2.45) is 0 Å². The molecule has 0 aliphatic heterocycles. The molecule has 0 atom stereocenters. The first-order valence-corrected chi connectivity index (χ1v) is 10.6. The fraction of sp³-hybridized carbons (Fsp3) is 0.292. The second kappa shape index (κ2) is 9.37. The summed E-state index contributed by atoms with van der Waals surface area (Å²) in [6, 6.07) is 17.7. The maximum absolute atomic E-state index is 13.1. The van der Waals surface area contributed by atoms with Gasteiger partial charge < -0.3 is 9.88 Å². The molecule has 1 aromatic heterocycles. The molecule has 0 spiro atoms. The number of nitrogens with zero attached hydrogens (tertiary/aromatic N) is 1. The van der Waals surface area contributed by atoms with Crippen LogP contribution >= 0.6 is 11.6 Å². The third-order valence-electron chi connectivity index (χ3n) is 5.52. The van der Waals surface area contributed by atoms with Crippen LogP contribution in [0.4, 0.5) is 5.69 Å². The lowest BCUT2D eigenvalue weighted by atomic mass is 9.98. The highest BCUT2D eigenvalue weighted by Gasteiger charge is 2.22. The Balaban J connectivity index is 1.52. The Labute approximate surface area is 182 Å². The van der Waals surface area contributed by atoms with Gasteiger partial charge in [0.25, 0.3) is 5.91 Å². The molecule has 2 N–H and O–H groups in total. The summed E-state index contributed by atoms with van der Waals surface area (Å²) >= 11 is 6.04. The van der Waals surface area contributed by atoms with Crippen molar-refractivity contribution < 1.29 is 9.63 Å². The molecular weight excluding hydrogens is 398 g/mol. The molecule has 156 valence electrons. The van der Waals surface area contributed by atoms with E-state index in [1.807, 2.05) is 48.5 Å². The van der Waals surface area contributed by atoms with E-state index in [1.54, 1.807) is 7.11 Å². The van der Waals surface area contributed by atoms with Crippen molar-refractivity contribution in [3.05, 3.63) is 87.7 Å². The van der Waals surface area contributed by atoms with E-state index in [0.29, 0.717) is 13.1 Å². The Bertz CT molecular complexity index is 1010. The van der Waals surface area contributed by atoms with Gasteiger partial charge in [0.05, 0.1) is 12.8 Å². The van der Waals surface area contributed by atoms with Crippen LogP contribution in [-0.4, -0.2) is 17.6 Å². The van der Waals surface area contributed by atoms with Crippen molar-refractivity contribution in [3.63, 3.8) is 0 Å². The predicted octanol–water partition coefficient (Wildman–Crippen LogP) is 4.97. The van der Waals surface area contributed by atoms with Crippen LogP contribution in [0, 0.1) is 0 Å². The zero-order valence-electron chi connectivity index (χ0n) is 17.1. The molecule has 0 unspecified atom stereocenters. The standard InChI is InChI=1S/C24H26ClN3O2/c1-30-27-21-12-8-17(9-13-21)15-26-24(29)23-14-19-4-2-3-5-22(19)28(23)16-18-6-10-20(25)11-7-18/h6-14,27H,2-5,15-16H2,1H3,(H,26,29). The van der Waals surface area contributed by atoms with Crippen LogP contribution in [0.2, 0.25) is 5.02 Å². The molecule has 1 aliphatic rings. The maximum atomic E-state index is 13.1. The molecule has 3 aromatic rings. The van der Waals surface area contributed by atoms with E-state index in [9.17, 15) is 4.79 Å². The lowest BCUT2D eigenvalue weighted by Gasteiger charge is -2.17. The van der Waals surface area contributed by atoms with Crippen LogP contribution in [0.3, 0.4) is 0 Å². The van der Waals surface area contributed by atoms with Crippen molar-refractivity contribution in [1.82, 2.24) is 9.88 Å². The van der Waals surface area contributed by atoms with E-state index in [2.05, 4.69) is 21.4 Å². The van der Waals surface area contributed by atoms with Gasteiger partial charge in [0.1, 0.15) is 5.69 Å². The van der Waals surface area contributed by atoms with Crippen molar-refractivity contribution in [2.75, 3.05) is 12.6 Å². The molecule has 0 radical (unpaired) electrons. The van der Waals surface area contributed by atoms with E-state index < -0.39 is 0 Å². The number of carbonyl (C=O) groups is 1. The average Bonchev–Trinajstić information content (AvgIpc) is 3.13. The van der Waals surface area contributed by atoms with E-state index in [4.69, 9.17) is 16.4 Å². The Morgan fingerprint density at radius 2 is 1.73 bits per heavy atom. The van der Waals surface area contributed by atoms with Crippen molar-refractivity contribution in [2.45, 2.75) is 38.8 Å². The molecule has 0 bridgehead atoms. The molecule has 0 saturated carbocycles. The lowest BCUT2D eigenvalue weighted by molar-refractivity contribution is 0.0941. The summed E-state index contributed by atoms with van der Waals surface area (Å²) in [6.45, 7) is 1.15. The molecule has 6 heteroatoms. The van der Waals surface area contributed by atoms with Crippen LogP contribution in [-0.2, 0) is 30.8 Å². The minimum Gasteiger partial charge on any atom is -0.347 e. The monoisotopic (exact) mass is 423 g/mol. The molecule has 2 aromatic carbocycles. The van der Waals surface area contributed by atoms with Gasteiger partial charge in [0.15, 0.2) is 0 Å². The third kappa shape index (κ3) is 4.69. The fourth-order valence-corrected chi connectivity index (χ4v) is 4.11. The molecule has 1 heterocycles. The summed E-state index contributed by atoms with van der Waals surface area (Å²) < 4.78 is 2.18. The van der Waals surface area contributed by atoms with Gasteiger partial charge in [-0.3, -0.25) is 15.1 Å². The van der Waals surface area contributed by atoms with Gasteiger partial charge in [-0.15, -0.1) is 0 Å². The molecule has 5 nitrogen and oxygen atoms in total. The topological polar surface area (TPSA) is 55.3 Å². The van der Waals surface area contributed by atoms with Crippen molar-refractivity contribution in [1.29, 1.82) is 0 Å². The van der Waals surface area contributed by atoms with Gasteiger partial charge in [-0.1, -0.05) is 35.9 Å². The molecule has 0 saturated heterocycles. The van der Waals surface area contributed by atoms with Crippen LogP contribution in [0.1, 0.15) is 45.7 Å².